The Balaban J connectivity index is 1.73. The first kappa shape index (κ1) is 16.8. The Morgan fingerprint density at radius 2 is 1.50 bits per heavy atom. The predicted octanol–water partition coefficient (Wildman–Crippen LogP) is 5.31. The lowest BCUT2D eigenvalue weighted by Gasteiger charge is -2.10. The van der Waals surface area contributed by atoms with Gasteiger partial charge in [-0.1, -0.05) is 30.1 Å². The monoisotopic (exact) mass is 338 g/mol. The summed E-state index contributed by atoms with van der Waals surface area (Å²) in [6, 6.07) is 13.5. The number of ether oxygens (including phenoxy) is 1. The molecule has 0 saturated carbocycles. The van der Waals surface area contributed by atoms with Crippen LogP contribution in [0.3, 0.4) is 0 Å². The molecule has 0 aliphatic rings. The molecule has 2 rings (SSSR count). The van der Waals surface area contributed by atoms with Crippen LogP contribution in [0.5, 0.6) is 5.75 Å². The van der Waals surface area contributed by atoms with Crippen molar-refractivity contribution in [2.24, 2.45) is 0 Å². The van der Waals surface area contributed by atoms with Crippen molar-refractivity contribution in [1.82, 2.24) is 0 Å². The van der Waals surface area contributed by atoms with Gasteiger partial charge >= 0.3 is 0 Å². The summed E-state index contributed by atoms with van der Waals surface area (Å²) < 4.78 is 5.55. The SMILES string of the molecule is CCCOc1ccc(NCCNc2ccc(Cl)c(Cl)c2)cc1. The maximum absolute atomic E-state index is 5.97. The standard InChI is InChI=1S/C17H20Cl2N2O/c1-2-11-22-15-6-3-13(4-7-15)20-9-10-21-14-5-8-16(18)17(19)12-14/h3-8,12,20-21H,2,9-11H2,1H3. The summed E-state index contributed by atoms with van der Waals surface area (Å²) in [5.41, 5.74) is 2.03. The van der Waals surface area contributed by atoms with E-state index in [1.165, 1.54) is 0 Å². The molecule has 0 atom stereocenters. The summed E-state index contributed by atoms with van der Waals surface area (Å²) in [4.78, 5) is 0. The van der Waals surface area contributed by atoms with Gasteiger partial charge in [-0.05, 0) is 48.9 Å². The van der Waals surface area contributed by atoms with Crippen LogP contribution in [0, 0.1) is 0 Å². The van der Waals surface area contributed by atoms with E-state index >= 15 is 0 Å². The third kappa shape index (κ3) is 5.32. The van der Waals surface area contributed by atoms with Crippen LogP contribution in [-0.4, -0.2) is 19.7 Å². The van der Waals surface area contributed by atoms with Crippen molar-refractivity contribution < 1.29 is 4.74 Å². The van der Waals surface area contributed by atoms with Gasteiger partial charge in [0.25, 0.3) is 0 Å². The molecule has 22 heavy (non-hydrogen) atoms. The predicted molar refractivity (Wildman–Crippen MR) is 95.7 cm³/mol. The van der Waals surface area contributed by atoms with Crippen molar-refractivity contribution in [3.63, 3.8) is 0 Å². The van der Waals surface area contributed by atoms with E-state index in [1.54, 1.807) is 6.07 Å². The van der Waals surface area contributed by atoms with E-state index in [0.717, 1.165) is 43.2 Å². The van der Waals surface area contributed by atoms with E-state index < -0.39 is 0 Å². The van der Waals surface area contributed by atoms with E-state index in [0.29, 0.717) is 10.0 Å². The Bertz CT molecular complexity index is 588. The van der Waals surface area contributed by atoms with E-state index in [2.05, 4.69) is 17.6 Å². The molecule has 2 aromatic rings. The second kappa shape index (κ2) is 8.76. The molecule has 0 spiro atoms. The first-order chi connectivity index (χ1) is 10.7. The van der Waals surface area contributed by atoms with Crippen molar-refractivity contribution in [3.8, 4) is 5.75 Å². The minimum absolute atomic E-state index is 0.558. The van der Waals surface area contributed by atoms with Crippen molar-refractivity contribution in [3.05, 3.63) is 52.5 Å². The summed E-state index contributed by atoms with van der Waals surface area (Å²) in [7, 11) is 0. The van der Waals surface area contributed by atoms with Crippen molar-refractivity contribution in [2.75, 3.05) is 30.3 Å². The minimum Gasteiger partial charge on any atom is -0.494 e. The fourth-order valence-electron chi connectivity index (χ4n) is 1.91. The molecule has 0 aliphatic carbocycles. The van der Waals surface area contributed by atoms with E-state index in [9.17, 15) is 0 Å². The summed E-state index contributed by atoms with van der Waals surface area (Å²) in [5, 5.41) is 7.76. The fraction of sp³-hybridized carbons (Fsp3) is 0.294. The van der Waals surface area contributed by atoms with Crippen LogP contribution in [-0.2, 0) is 0 Å². The highest BCUT2D eigenvalue weighted by molar-refractivity contribution is 6.42. The number of halogens is 2. The van der Waals surface area contributed by atoms with Gasteiger partial charge in [0, 0.05) is 24.5 Å². The zero-order valence-corrected chi connectivity index (χ0v) is 14.0. The maximum atomic E-state index is 5.97. The quantitative estimate of drug-likeness (QED) is 0.640. The van der Waals surface area contributed by atoms with Crippen LogP contribution in [0.1, 0.15) is 13.3 Å². The van der Waals surface area contributed by atoms with Gasteiger partial charge in [-0.2, -0.15) is 0 Å². The highest BCUT2D eigenvalue weighted by Gasteiger charge is 1.99. The van der Waals surface area contributed by atoms with Gasteiger partial charge < -0.3 is 15.4 Å². The zero-order chi connectivity index (χ0) is 15.8. The Morgan fingerprint density at radius 1 is 0.864 bits per heavy atom. The zero-order valence-electron chi connectivity index (χ0n) is 12.5. The molecular formula is C17H20Cl2N2O. The highest BCUT2D eigenvalue weighted by atomic mass is 35.5. The molecule has 5 heteroatoms. The number of hydrogen-bond acceptors (Lipinski definition) is 3. The molecule has 0 radical (unpaired) electrons. The van der Waals surface area contributed by atoms with Crippen LogP contribution in [0.15, 0.2) is 42.5 Å². The van der Waals surface area contributed by atoms with Crippen LogP contribution < -0.4 is 15.4 Å². The summed E-state index contributed by atoms with van der Waals surface area (Å²) in [6.45, 7) is 4.43. The summed E-state index contributed by atoms with van der Waals surface area (Å²) in [6.07, 6.45) is 1.01. The molecule has 3 nitrogen and oxygen atoms in total. The number of rotatable bonds is 8. The maximum Gasteiger partial charge on any atom is 0.119 e. The molecular weight excluding hydrogens is 319 g/mol. The molecule has 0 amide bonds. The van der Waals surface area contributed by atoms with Crippen LogP contribution in [0.4, 0.5) is 11.4 Å². The van der Waals surface area contributed by atoms with E-state index in [4.69, 9.17) is 27.9 Å². The smallest absolute Gasteiger partial charge is 0.119 e. The average Bonchev–Trinajstić information content (AvgIpc) is 2.54. The Morgan fingerprint density at radius 3 is 2.14 bits per heavy atom. The van der Waals surface area contributed by atoms with Gasteiger partial charge in [-0.3, -0.25) is 0 Å². The van der Waals surface area contributed by atoms with Gasteiger partial charge in [-0.15, -0.1) is 0 Å². The third-order valence-corrected chi connectivity index (χ3v) is 3.77. The van der Waals surface area contributed by atoms with Crippen molar-refractivity contribution >= 4 is 34.6 Å². The third-order valence-electron chi connectivity index (χ3n) is 3.03. The molecule has 0 aromatic heterocycles. The lowest BCUT2D eigenvalue weighted by Crippen LogP contribution is -2.13. The molecule has 0 unspecified atom stereocenters. The first-order valence-electron chi connectivity index (χ1n) is 7.34. The van der Waals surface area contributed by atoms with Crippen LogP contribution in [0.2, 0.25) is 10.0 Å². The Hall–Kier alpha value is -1.58. The topological polar surface area (TPSA) is 33.3 Å². The molecule has 2 N–H and O–H groups in total. The van der Waals surface area contributed by atoms with Gasteiger partial charge in [-0.25, -0.2) is 0 Å². The second-order valence-corrected chi connectivity index (χ2v) is 5.67. The Kier molecular flexibility index (Phi) is 6.69. The number of nitrogens with one attached hydrogen (secondary N) is 2. The molecule has 0 aliphatic heterocycles. The minimum atomic E-state index is 0.558. The molecule has 0 saturated heterocycles. The highest BCUT2D eigenvalue weighted by Crippen LogP contribution is 2.24. The van der Waals surface area contributed by atoms with Crippen LogP contribution in [0.25, 0.3) is 0 Å². The second-order valence-electron chi connectivity index (χ2n) is 4.86. The van der Waals surface area contributed by atoms with Crippen LogP contribution >= 0.6 is 23.2 Å². The molecule has 0 bridgehead atoms. The van der Waals surface area contributed by atoms with E-state index in [1.807, 2.05) is 36.4 Å². The summed E-state index contributed by atoms with van der Waals surface area (Å²) in [5.74, 6) is 0.904. The molecule has 118 valence electrons. The molecule has 2 aromatic carbocycles. The lowest BCUT2D eigenvalue weighted by molar-refractivity contribution is 0.317. The van der Waals surface area contributed by atoms with Crippen molar-refractivity contribution in [1.29, 1.82) is 0 Å². The van der Waals surface area contributed by atoms with Gasteiger partial charge in [0.1, 0.15) is 5.75 Å². The molecule has 0 fully saturated rings. The fourth-order valence-corrected chi connectivity index (χ4v) is 2.21. The van der Waals surface area contributed by atoms with Crippen molar-refractivity contribution in [2.45, 2.75) is 13.3 Å². The number of hydrogen-bond donors (Lipinski definition) is 2. The first-order valence-corrected chi connectivity index (χ1v) is 8.10. The molecule has 0 heterocycles. The normalized spacial score (nSPS) is 10.3. The largest absolute Gasteiger partial charge is 0.494 e. The average molecular weight is 339 g/mol. The van der Waals surface area contributed by atoms with Gasteiger partial charge in [0.2, 0.25) is 0 Å². The summed E-state index contributed by atoms with van der Waals surface area (Å²) >= 11 is 11.9. The lowest BCUT2D eigenvalue weighted by atomic mass is 10.3. The van der Waals surface area contributed by atoms with E-state index in [-0.39, 0.29) is 0 Å². The van der Waals surface area contributed by atoms with Gasteiger partial charge in [0.05, 0.1) is 16.7 Å². The van der Waals surface area contributed by atoms with Gasteiger partial charge in [0.15, 0.2) is 0 Å². The number of benzene rings is 2. The number of anilines is 2. The Labute approximate surface area is 141 Å².